The summed E-state index contributed by atoms with van der Waals surface area (Å²) in [6, 6.07) is 10.0. The van der Waals surface area contributed by atoms with Crippen molar-refractivity contribution in [1.29, 1.82) is 0 Å². The molecule has 7 rings (SSSR count). The molecule has 3 nitrogen and oxygen atoms in total. The minimum atomic E-state index is -0.196. The third-order valence-electron chi connectivity index (χ3n) is 15.3. The highest BCUT2D eigenvalue weighted by molar-refractivity contribution is 5.87. The second kappa shape index (κ2) is 9.45. The van der Waals surface area contributed by atoms with Crippen LogP contribution < -0.4 is 0 Å². The maximum atomic E-state index is 13.0. The van der Waals surface area contributed by atoms with E-state index >= 15 is 0 Å². The highest BCUT2D eigenvalue weighted by Crippen LogP contribution is 2.77. The first-order chi connectivity index (χ1) is 19.8. The fraction of sp³-hybridized carbons (Fsp3) is 0.769. The molecule has 6 aliphatic rings. The van der Waals surface area contributed by atoms with Crippen LogP contribution in [0.3, 0.4) is 0 Å². The van der Waals surface area contributed by atoms with E-state index in [1.165, 1.54) is 57.8 Å². The number of benzene rings is 1. The lowest BCUT2D eigenvalue weighted by Crippen LogP contribution is -2.67. The topological polar surface area (TPSA) is 35.5 Å². The van der Waals surface area contributed by atoms with E-state index in [4.69, 9.17) is 9.47 Å². The van der Waals surface area contributed by atoms with Gasteiger partial charge in [-0.05, 0) is 127 Å². The maximum absolute atomic E-state index is 13.0. The molecule has 0 amide bonds. The Hall–Kier alpha value is -1.61. The molecule has 0 aromatic heterocycles. The van der Waals surface area contributed by atoms with Crippen molar-refractivity contribution in [3.8, 4) is 0 Å². The number of esters is 1. The molecule has 0 unspecified atom stereocenters. The minimum absolute atomic E-state index is 0.0199. The van der Waals surface area contributed by atoms with Crippen LogP contribution in [0.1, 0.15) is 118 Å². The Morgan fingerprint density at radius 2 is 1.38 bits per heavy atom. The predicted molar refractivity (Wildman–Crippen MR) is 170 cm³/mol. The van der Waals surface area contributed by atoms with Gasteiger partial charge >= 0.3 is 5.97 Å². The molecule has 1 heterocycles. The molecule has 6 fully saturated rings. The number of hydrogen-bond donors (Lipinski definition) is 0. The normalized spacial score (nSPS) is 48.5. The first-order valence-electron chi connectivity index (χ1n) is 17.3. The van der Waals surface area contributed by atoms with Gasteiger partial charge in [-0.2, -0.15) is 0 Å². The Balaban J connectivity index is 1.12. The third kappa shape index (κ3) is 3.96. The molecule has 3 heteroatoms. The van der Waals surface area contributed by atoms with E-state index < -0.39 is 0 Å². The predicted octanol–water partition coefficient (Wildman–Crippen LogP) is 9.50. The molecule has 1 aliphatic heterocycles. The first kappa shape index (κ1) is 29.1. The highest BCUT2D eigenvalue weighted by Gasteiger charge is 2.72. The van der Waals surface area contributed by atoms with Crippen LogP contribution in [0.2, 0.25) is 0 Å². The summed E-state index contributed by atoms with van der Waals surface area (Å²) in [6.07, 6.45) is 16.9. The molecule has 1 aromatic carbocycles. The van der Waals surface area contributed by atoms with E-state index in [0.29, 0.717) is 39.1 Å². The molecule has 0 spiro atoms. The Morgan fingerprint density at radius 1 is 0.762 bits per heavy atom. The van der Waals surface area contributed by atoms with Crippen LogP contribution in [0, 0.1) is 56.2 Å². The van der Waals surface area contributed by atoms with E-state index in [1.807, 2.05) is 36.4 Å². The summed E-state index contributed by atoms with van der Waals surface area (Å²) in [7, 11) is 0. The fourth-order valence-corrected chi connectivity index (χ4v) is 13.4. The number of hydrogen-bond acceptors (Lipinski definition) is 3. The molecule has 5 saturated carbocycles. The highest BCUT2D eigenvalue weighted by atomic mass is 16.5. The Labute approximate surface area is 255 Å². The van der Waals surface area contributed by atoms with E-state index in [2.05, 4.69) is 48.5 Å². The van der Waals surface area contributed by atoms with Gasteiger partial charge in [-0.1, -0.05) is 78.8 Å². The van der Waals surface area contributed by atoms with Crippen LogP contribution in [-0.2, 0) is 14.3 Å². The van der Waals surface area contributed by atoms with Crippen molar-refractivity contribution in [2.24, 2.45) is 56.2 Å². The van der Waals surface area contributed by atoms with Crippen molar-refractivity contribution in [3.05, 3.63) is 42.0 Å². The van der Waals surface area contributed by atoms with Crippen molar-refractivity contribution < 1.29 is 14.3 Å². The van der Waals surface area contributed by atoms with Crippen molar-refractivity contribution in [2.45, 2.75) is 125 Å². The molecule has 10 atom stereocenters. The zero-order chi connectivity index (χ0) is 29.8. The van der Waals surface area contributed by atoms with Crippen LogP contribution >= 0.6 is 0 Å². The van der Waals surface area contributed by atoms with Gasteiger partial charge in [0.1, 0.15) is 6.10 Å². The van der Waals surface area contributed by atoms with Crippen molar-refractivity contribution in [2.75, 3.05) is 6.61 Å². The van der Waals surface area contributed by atoms with Crippen LogP contribution in [0.5, 0.6) is 0 Å². The Bertz CT molecular complexity index is 1250. The second-order valence-electron chi connectivity index (χ2n) is 17.9. The molecule has 2 bridgehead atoms. The average Bonchev–Trinajstić information content (AvgIpc) is 3.30. The van der Waals surface area contributed by atoms with Crippen molar-refractivity contribution >= 4 is 12.0 Å². The summed E-state index contributed by atoms with van der Waals surface area (Å²) >= 11 is 0. The summed E-state index contributed by atoms with van der Waals surface area (Å²) in [5, 5.41) is 0. The molecule has 1 aromatic rings. The molecular formula is C39H56O3. The Kier molecular flexibility index (Phi) is 6.55. The average molecular weight is 573 g/mol. The van der Waals surface area contributed by atoms with Crippen molar-refractivity contribution in [1.82, 2.24) is 0 Å². The molecule has 230 valence electrons. The molecule has 5 aliphatic carbocycles. The van der Waals surface area contributed by atoms with Gasteiger partial charge in [0, 0.05) is 11.5 Å². The lowest BCUT2D eigenvalue weighted by Gasteiger charge is -2.72. The lowest BCUT2D eigenvalue weighted by molar-refractivity contribution is -0.246. The number of fused-ring (bicyclic) bond motifs is 5. The maximum Gasteiger partial charge on any atom is 0.331 e. The van der Waals surface area contributed by atoms with E-state index in [-0.39, 0.29) is 17.5 Å². The monoisotopic (exact) mass is 572 g/mol. The smallest absolute Gasteiger partial charge is 0.331 e. The third-order valence-corrected chi connectivity index (χ3v) is 15.3. The lowest BCUT2D eigenvalue weighted by atomic mass is 9.32. The second-order valence-corrected chi connectivity index (χ2v) is 17.9. The first-order valence-corrected chi connectivity index (χ1v) is 17.3. The van der Waals surface area contributed by atoms with Gasteiger partial charge in [-0.25, -0.2) is 4.79 Å². The Morgan fingerprint density at radius 3 is 2.14 bits per heavy atom. The quantitative estimate of drug-likeness (QED) is 0.267. The van der Waals surface area contributed by atoms with Gasteiger partial charge < -0.3 is 9.47 Å². The summed E-state index contributed by atoms with van der Waals surface area (Å²) < 4.78 is 13.0. The van der Waals surface area contributed by atoms with Crippen LogP contribution in [-0.4, -0.2) is 24.8 Å². The van der Waals surface area contributed by atoms with Gasteiger partial charge in [0.15, 0.2) is 0 Å². The van der Waals surface area contributed by atoms with Crippen LogP contribution in [0.4, 0.5) is 0 Å². The number of rotatable bonds is 3. The standard InChI is InChI=1S/C39H56O3/c1-34(2)23-24-39-22-17-29-37(6)19-15-27-35(3,4)30(42-31(40)14-13-26-11-9-8-10-12-26)18-21-36(27,5)28(37)16-20-38(29,7)32(39)33(34)41-25-39/h8-14,27-30,32-33H,15-25H2,1-7H3/t27-,28+,29-,30+,32-,33+,36-,37+,38-,39-/m0/s1. The molecule has 0 radical (unpaired) electrons. The fourth-order valence-electron chi connectivity index (χ4n) is 13.4. The zero-order valence-electron chi connectivity index (χ0n) is 27.5. The summed E-state index contributed by atoms with van der Waals surface area (Å²) in [6.45, 7) is 18.9. The van der Waals surface area contributed by atoms with Gasteiger partial charge in [-0.3, -0.25) is 0 Å². The summed E-state index contributed by atoms with van der Waals surface area (Å²) in [5.74, 6) is 2.66. The van der Waals surface area contributed by atoms with Crippen molar-refractivity contribution in [3.63, 3.8) is 0 Å². The largest absolute Gasteiger partial charge is 0.459 e. The van der Waals surface area contributed by atoms with Crippen LogP contribution in [0.25, 0.3) is 6.08 Å². The van der Waals surface area contributed by atoms with Gasteiger partial charge in [-0.15, -0.1) is 0 Å². The van der Waals surface area contributed by atoms with Gasteiger partial charge in [0.25, 0.3) is 0 Å². The van der Waals surface area contributed by atoms with E-state index in [1.54, 1.807) is 6.08 Å². The van der Waals surface area contributed by atoms with Gasteiger partial charge in [0.2, 0.25) is 0 Å². The minimum Gasteiger partial charge on any atom is -0.459 e. The molecule has 0 N–H and O–H groups in total. The molecule has 42 heavy (non-hydrogen) atoms. The van der Waals surface area contributed by atoms with Gasteiger partial charge in [0.05, 0.1) is 12.7 Å². The number of ether oxygens (including phenoxy) is 2. The van der Waals surface area contributed by atoms with E-state index in [0.717, 1.165) is 36.3 Å². The summed E-state index contributed by atoms with van der Waals surface area (Å²) in [4.78, 5) is 13.0. The molecular weight excluding hydrogens is 516 g/mol. The van der Waals surface area contributed by atoms with Crippen LogP contribution in [0.15, 0.2) is 36.4 Å². The number of carbonyl (C=O) groups excluding carboxylic acids is 1. The summed E-state index contributed by atoms with van der Waals surface area (Å²) in [5.41, 5.74) is 2.82. The van der Waals surface area contributed by atoms with E-state index in [9.17, 15) is 4.79 Å². The molecule has 1 saturated heterocycles. The number of carbonyl (C=O) groups is 1. The SMILES string of the molecule is CC1(C)CC[C@]23CC[C@H]4[C@]5(C)CC[C@H]6C(C)(C)[C@H](OC(=O)C=Cc7ccccc7)CC[C@]6(C)[C@H]5CC[C@]4(C)[C@@H]2[C@H]1OC3. The zero-order valence-corrected chi connectivity index (χ0v) is 27.5.